The average Bonchev–Trinajstić information content (AvgIpc) is 3.28. The van der Waals surface area contributed by atoms with Crippen LogP contribution in [0.3, 0.4) is 0 Å². The summed E-state index contributed by atoms with van der Waals surface area (Å²) in [5, 5.41) is 5.40. The molecule has 0 bridgehead atoms. The van der Waals surface area contributed by atoms with Crippen molar-refractivity contribution in [3.05, 3.63) is 41.5 Å². The molecule has 2 N–H and O–H groups in total. The third-order valence-electron chi connectivity index (χ3n) is 3.28. The first-order valence-corrected chi connectivity index (χ1v) is 9.44. The highest BCUT2D eigenvalue weighted by Crippen LogP contribution is 2.19. The monoisotopic (exact) mass is 336 g/mol. The first-order valence-electron chi connectivity index (χ1n) is 7.38. The molecule has 1 aromatic carbocycles. The van der Waals surface area contributed by atoms with Crippen LogP contribution in [0.5, 0.6) is 0 Å². The van der Waals surface area contributed by atoms with Crippen molar-refractivity contribution in [2.45, 2.75) is 18.9 Å². The maximum atomic E-state index is 11.8. The van der Waals surface area contributed by atoms with Crippen LogP contribution in [0.4, 0.5) is 0 Å². The molecular weight excluding hydrogens is 316 g/mol. The van der Waals surface area contributed by atoms with Gasteiger partial charge in [-0.1, -0.05) is 12.1 Å². The van der Waals surface area contributed by atoms with Crippen molar-refractivity contribution in [2.24, 2.45) is 0 Å². The van der Waals surface area contributed by atoms with Gasteiger partial charge in [0.05, 0.1) is 5.75 Å². The summed E-state index contributed by atoms with van der Waals surface area (Å²) in [7, 11) is -3.08. The van der Waals surface area contributed by atoms with Crippen LogP contribution in [0.1, 0.15) is 28.8 Å². The number of hydrogen-bond donors (Lipinski definition) is 2. The molecule has 23 heavy (non-hydrogen) atoms. The molecule has 1 aliphatic carbocycles. The summed E-state index contributed by atoms with van der Waals surface area (Å²) >= 11 is 0. The zero-order valence-corrected chi connectivity index (χ0v) is 13.7. The highest BCUT2D eigenvalue weighted by atomic mass is 32.2. The van der Waals surface area contributed by atoms with Crippen molar-refractivity contribution >= 4 is 27.7 Å². The molecule has 0 radical (unpaired) electrons. The van der Waals surface area contributed by atoms with Gasteiger partial charge in [0.1, 0.15) is 9.84 Å². The second-order valence-electron chi connectivity index (χ2n) is 5.62. The van der Waals surface area contributed by atoms with Crippen LogP contribution >= 0.6 is 0 Å². The minimum Gasteiger partial charge on any atom is -0.352 e. The molecular formula is C16H20N2O4S. The van der Waals surface area contributed by atoms with Gasteiger partial charge in [-0.25, -0.2) is 8.42 Å². The Morgan fingerprint density at radius 3 is 2.43 bits per heavy atom. The lowest BCUT2D eigenvalue weighted by atomic mass is 10.1. The summed E-state index contributed by atoms with van der Waals surface area (Å²) in [6.45, 7) is 0.0856. The van der Waals surface area contributed by atoms with E-state index in [0.29, 0.717) is 11.6 Å². The summed E-state index contributed by atoms with van der Waals surface area (Å²) < 4.78 is 21.9. The third kappa shape index (κ3) is 6.65. The zero-order valence-electron chi connectivity index (χ0n) is 12.9. The van der Waals surface area contributed by atoms with E-state index in [-0.39, 0.29) is 24.1 Å². The van der Waals surface area contributed by atoms with E-state index in [1.54, 1.807) is 30.3 Å². The Bertz CT molecular complexity index is 704. The average molecular weight is 336 g/mol. The fourth-order valence-corrected chi connectivity index (χ4v) is 2.31. The van der Waals surface area contributed by atoms with Crippen molar-refractivity contribution in [3.63, 3.8) is 0 Å². The molecule has 0 spiro atoms. The van der Waals surface area contributed by atoms with Gasteiger partial charge in [0.25, 0.3) is 5.91 Å². The van der Waals surface area contributed by atoms with Crippen molar-refractivity contribution in [2.75, 3.05) is 18.6 Å². The molecule has 124 valence electrons. The van der Waals surface area contributed by atoms with Crippen LogP contribution < -0.4 is 10.6 Å². The van der Waals surface area contributed by atoms with Crippen LogP contribution in [-0.4, -0.2) is 44.8 Å². The summed E-state index contributed by atoms with van der Waals surface area (Å²) in [5.41, 5.74) is 1.37. The molecule has 7 heteroatoms. The molecule has 0 aliphatic heterocycles. The standard InChI is InChI=1S/C16H20N2O4S/c1-23(21,22)11-10-17-15(19)9-4-12-2-5-13(6-3-12)16(20)18-14-7-8-14/h2-6,9,14H,7-8,10-11H2,1H3,(H,17,19)(H,18,20)/b9-4-. The molecule has 1 saturated carbocycles. The topological polar surface area (TPSA) is 92.3 Å². The Morgan fingerprint density at radius 2 is 1.87 bits per heavy atom. The predicted octanol–water partition coefficient (Wildman–Crippen LogP) is 0.753. The van der Waals surface area contributed by atoms with Crippen LogP contribution in [0.2, 0.25) is 0 Å². The summed E-state index contributed by atoms with van der Waals surface area (Å²) in [4.78, 5) is 23.4. The second-order valence-corrected chi connectivity index (χ2v) is 7.88. The lowest BCUT2D eigenvalue weighted by Crippen LogP contribution is -2.27. The van der Waals surface area contributed by atoms with Crippen LogP contribution in [0.15, 0.2) is 30.3 Å². The second kappa shape index (κ2) is 7.41. The lowest BCUT2D eigenvalue weighted by molar-refractivity contribution is -0.116. The zero-order chi connectivity index (χ0) is 16.9. The number of hydrogen-bond acceptors (Lipinski definition) is 4. The van der Waals surface area contributed by atoms with E-state index in [0.717, 1.165) is 24.7 Å². The molecule has 0 aromatic heterocycles. The van der Waals surface area contributed by atoms with Gasteiger partial charge in [-0.15, -0.1) is 0 Å². The Morgan fingerprint density at radius 1 is 1.22 bits per heavy atom. The first kappa shape index (κ1) is 17.2. The highest BCUT2D eigenvalue weighted by Gasteiger charge is 2.23. The van der Waals surface area contributed by atoms with Crippen LogP contribution in [-0.2, 0) is 14.6 Å². The van der Waals surface area contributed by atoms with Gasteiger partial charge in [0.15, 0.2) is 0 Å². The maximum Gasteiger partial charge on any atom is 0.251 e. The molecule has 1 aliphatic rings. The quantitative estimate of drug-likeness (QED) is 0.719. The summed E-state index contributed by atoms with van der Waals surface area (Å²) in [5.74, 6) is -0.525. The Balaban J connectivity index is 1.82. The molecule has 0 unspecified atom stereocenters. The first-order chi connectivity index (χ1) is 10.8. The van der Waals surface area contributed by atoms with E-state index in [1.165, 1.54) is 6.08 Å². The van der Waals surface area contributed by atoms with Gasteiger partial charge in [-0.05, 0) is 36.6 Å². The highest BCUT2D eigenvalue weighted by molar-refractivity contribution is 7.90. The van der Waals surface area contributed by atoms with Crippen LogP contribution in [0.25, 0.3) is 6.08 Å². The Hall–Kier alpha value is -2.15. The van der Waals surface area contributed by atoms with Crippen molar-refractivity contribution in [1.82, 2.24) is 10.6 Å². The Labute approximate surface area is 135 Å². The summed E-state index contributed by atoms with van der Waals surface area (Å²) in [6.07, 6.45) is 6.15. The number of nitrogens with one attached hydrogen (secondary N) is 2. The number of carbonyl (C=O) groups excluding carboxylic acids is 2. The predicted molar refractivity (Wildman–Crippen MR) is 88.7 cm³/mol. The minimum absolute atomic E-state index is 0.0819. The normalized spacial score (nSPS) is 14.7. The number of carbonyl (C=O) groups is 2. The third-order valence-corrected chi connectivity index (χ3v) is 4.23. The SMILES string of the molecule is CS(=O)(=O)CCNC(=O)/C=C\c1ccc(C(=O)NC2CC2)cc1. The smallest absolute Gasteiger partial charge is 0.251 e. The van der Waals surface area contributed by atoms with Crippen molar-refractivity contribution in [3.8, 4) is 0 Å². The molecule has 0 atom stereocenters. The molecule has 2 amide bonds. The van der Waals surface area contributed by atoms with Gasteiger partial charge >= 0.3 is 0 Å². The van der Waals surface area contributed by atoms with E-state index >= 15 is 0 Å². The molecule has 6 nitrogen and oxygen atoms in total. The lowest BCUT2D eigenvalue weighted by Gasteiger charge is -2.03. The fourth-order valence-electron chi connectivity index (χ4n) is 1.83. The van der Waals surface area contributed by atoms with Gasteiger partial charge in [-0.3, -0.25) is 9.59 Å². The van der Waals surface area contributed by atoms with E-state index in [1.807, 2.05) is 0 Å². The van der Waals surface area contributed by atoms with E-state index < -0.39 is 9.84 Å². The number of amides is 2. The molecule has 1 fully saturated rings. The van der Waals surface area contributed by atoms with Crippen molar-refractivity contribution in [1.29, 1.82) is 0 Å². The van der Waals surface area contributed by atoms with Crippen molar-refractivity contribution < 1.29 is 18.0 Å². The number of benzene rings is 1. The van der Waals surface area contributed by atoms with Gasteiger partial charge in [-0.2, -0.15) is 0 Å². The van der Waals surface area contributed by atoms with E-state index in [4.69, 9.17) is 0 Å². The number of rotatable bonds is 7. The van der Waals surface area contributed by atoms with E-state index in [9.17, 15) is 18.0 Å². The molecule has 0 heterocycles. The largest absolute Gasteiger partial charge is 0.352 e. The van der Waals surface area contributed by atoms with Gasteiger partial charge in [0.2, 0.25) is 5.91 Å². The Kier molecular flexibility index (Phi) is 5.54. The maximum absolute atomic E-state index is 11.8. The molecule has 1 aromatic rings. The van der Waals surface area contributed by atoms with Crippen LogP contribution in [0, 0.1) is 0 Å². The van der Waals surface area contributed by atoms with Gasteiger partial charge in [0, 0.05) is 30.5 Å². The molecule has 2 rings (SSSR count). The van der Waals surface area contributed by atoms with E-state index in [2.05, 4.69) is 10.6 Å². The summed E-state index contributed by atoms with van der Waals surface area (Å²) in [6, 6.07) is 7.24. The number of sulfone groups is 1. The minimum atomic E-state index is -3.08. The van der Waals surface area contributed by atoms with Gasteiger partial charge < -0.3 is 10.6 Å². The fraction of sp³-hybridized carbons (Fsp3) is 0.375. The molecule has 0 saturated heterocycles.